The Balaban J connectivity index is 1.59. The van der Waals surface area contributed by atoms with Crippen LogP contribution in [0.1, 0.15) is 6.42 Å². The van der Waals surface area contributed by atoms with Gasteiger partial charge in [-0.3, -0.25) is 4.79 Å². The van der Waals surface area contributed by atoms with Crippen LogP contribution in [0, 0.1) is 0 Å². The predicted octanol–water partition coefficient (Wildman–Crippen LogP) is 3.68. The zero-order valence-electron chi connectivity index (χ0n) is 13.1. The zero-order valence-corrected chi connectivity index (χ0v) is 13.9. The van der Waals surface area contributed by atoms with Gasteiger partial charge >= 0.3 is 5.97 Å². The van der Waals surface area contributed by atoms with Gasteiger partial charge in [0.25, 0.3) is 0 Å². The summed E-state index contributed by atoms with van der Waals surface area (Å²) in [6, 6.07) is 17.3. The molecule has 3 rings (SSSR count). The maximum Gasteiger partial charge on any atom is 0.323 e. The Hall–Kier alpha value is -2.47. The SMILES string of the molecule is O=C(O)Cn1c(SCCCOc2ccccc2)nc2ccccc21. The van der Waals surface area contributed by atoms with Crippen molar-refractivity contribution < 1.29 is 14.6 Å². The van der Waals surface area contributed by atoms with Gasteiger partial charge in [0.05, 0.1) is 17.6 Å². The van der Waals surface area contributed by atoms with E-state index < -0.39 is 5.97 Å². The average molecular weight is 342 g/mol. The van der Waals surface area contributed by atoms with Gasteiger partial charge in [-0.05, 0) is 30.7 Å². The van der Waals surface area contributed by atoms with Gasteiger partial charge in [-0.2, -0.15) is 0 Å². The van der Waals surface area contributed by atoms with Gasteiger partial charge < -0.3 is 14.4 Å². The van der Waals surface area contributed by atoms with Crippen LogP contribution in [0.2, 0.25) is 0 Å². The number of thioether (sulfide) groups is 1. The number of aromatic nitrogens is 2. The lowest BCUT2D eigenvalue weighted by Gasteiger charge is -2.07. The van der Waals surface area contributed by atoms with Crippen LogP contribution in [0.3, 0.4) is 0 Å². The van der Waals surface area contributed by atoms with Crippen LogP contribution in [0.25, 0.3) is 11.0 Å². The van der Waals surface area contributed by atoms with Gasteiger partial charge in [0, 0.05) is 5.75 Å². The lowest BCUT2D eigenvalue weighted by Crippen LogP contribution is -2.10. The van der Waals surface area contributed by atoms with Crippen molar-refractivity contribution in [2.24, 2.45) is 0 Å². The Morgan fingerprint density at radius 2 is 1.88 bits per heavy atom. The molecule has 124 valence electrons. The lowest BCUT2D eigenvalue weighted by molar-refractivity contribution is -0.137. The molecule has 0 saturated carbocycles. The topological polar surface area (TPSA) is 64.3 Å². The van der Waals surface area contributed by atoms with Crippen LogP contribution in [0.15, 0.2) is 59.8 Å². The number of benzene rings is 2. The molecule has 0 aliphatic rings. The normalized spacial score (nSPS) is 10.8. The van der Waals surface area contributed by atoms with Gasteiger partial charge in [0.2, 0.25) is 0 Å². The maximum atomic E-state index is 11.1. The molecule has 0 fully saturated rings. The molecule has 0 saturated heterocycles. The molecule has 1 aromatic heterocycles. The Morgan fingerprint density at radius 3 is 2.67 bits per heavy atom. The fraction of sp³-hybridized carbons (Fsp3) is 0.222. The highest BCUT2D eigenvalue weighted by Gasteiger charge is 2.13. The molecule has 0 aliphatic carbocycles. The molecular weight excluding hydrogens is 324 g/mol. The van der Waals surface area contributed by atoms with Crippen LogP contribution in [0.5, 0.6) is 5.75 Å². The minimum absolute atomic E-state index is 0.0800. The quantitative estimate of drug-likeness (QED) is 0.500. The summed E-state index contributed by atoms with van der Waals surface area (Å²) in [5.41, 5.74) is 1.67. The highest BCUT2D eigenvalue weighted by Crippen LogP contribution is 2.24. The van der Waals surface area contributed by atoms with Crippen LogP contribution in [0.4, 0.5) is 0 Å². The summed E-state index contributed by atoms with van der Waals surface area (Å²) in [4.78, 5) is 15.7. The second kappa shape index (κ2) is 7.88. The highest BCUT2D eigenvalue weighted by atomic mass is 32.2. The number of para-hydroxylation sites is 3. The van der Waals surface area contributed by atoms with E-state index in [0.717, 1.165) is 34.1 Å². The molecule has 3 aromatic rings. The summed E-state index contributed by atoms with van der Waals surface area (Å²) in [6.07, 6.45) is 0.857. The van der Waals surface area contributed by atoms with Crippen molar-refractivity contribution in [3.8, 4) is 5.75 Å². The first-order chi connectivity index (χ1) is 11.7. The Kier molecular flexibility index (Phi) is 5.38. The molecule has 1 heterocycles. The van der Waals surface area contributed by atoms with Crippen LogP contribution in [-0.4, -0.2) is 33.0 Å². The third-order valence-electron chi connectivity index (χ3n) is 3.44. The van der Waals surface area contributed by atoms with Gasteiger partial charge in [-0.1, -0.05) is 42.1 Å². The van der Waals surface area contributed by atoms with E-state index in [9.17, 15) is 4.79 Å². The number of aliphatic carboxylic acids is 1. The fourth-order valence-electron chi connectivity index (χ4n) is 2.38. The number of rotatable bonds is 8. The molecule has 0 atom stereocenters. The van der Waals surface area contributed by atoms with Crippen molar-refractivity contribution in [3.63, 3.8) is 0 Å². The fourth-order valence-corrected chi connectivity index (χ4v) is 3.31. The van der Waals surface area contributed by atoms with Crippen molar-refractivity contribution in [2.45, 2.75) is 18.1 Å². The van der Waals surface area contributed by atoms with Crippen LogP contribution in [-0.2, 0) is 11.3 Å². The lowest BCUT2D eigenvalue weighted by atomic mass is 10.3. The van der Waals surface area contributed by atoms with Gasteiger partial charge in [0.15, 0.2) is 5.16 Å². The van der Waals surface area contributed by atoms with E-state index in [-0.39, 0.29) is 6.54 Å². The summed E-state index contributed by atoms with van der Waals surface area (Å²) in [5.74, 6) is 0.809. The standard InChI is InChI=1S/C18H18N2O3S/c21-17(22)13-20-16-10-5-4-9-15(16)19-18(20)24-12-6-11-23-14-7-2-1-3-8-14/h1-5,7-10H,6,11-13H2,(H,21,22). The first-order valence-corrected chi connectivity index (χ1v) is 8.70. The van der Waals surface area contributed by atoms with Crippen molar-refractivity contribution in [1.82, 2.24) is 9.55 Å². The van der Waals surface area contributed by atoms with E-state index in [0.29, 0.717) is 6.61 Å². The Morgan fingerprint density at radius 1 is 1.12 bits per heavy atom. The summed E-state index contributed by atoms with van der Waals surface area (Å²) in [5, 5.41) is 9.86. The van der Waals surface area contributed by atoms with E-state index in [2.05, 4.69) is 4.98 Å². The Bertz CT molecular complexity index is 818. The summed E-state index contributed by atoms with van der Waals surface area (Å²) >= 11 is 1.56. The summed E-state index contributed by atoms with van der Waals surface area (Å²) in [7, 11) is 0. The second-order valence-corrected chi connectivity index (χ2v) is 6.29. The summed E-state index contributed by atoms with van der Waals surface area (Å²) in [6.45, 7) is 0.541. The molecule has 0 unspecified atom stereocenters. The van der Waals surface area contributed by atoms with E-state index >= 15 is 0 Å². The first-order valence-electron chi connectivity index (χ1n) is 7.72. The van der Waals surface area contributed by atoms with Gasteiger partial charge in [-0.25, -0.2) is 4.98 Å². The Labute approximate surface area is 144 Å². The van der Waals surface area contributed by atoms with E-state index in [1.54, 1.807) is 16.3 Å². The molecule has 0 amide bonds. The number of carbonyl (C=O) groups is 1. The first kappa shape index (κ1) is 16.4. The number of carboxylic acids is 1. The van der Waals surface area contributed by atoms with Crippen molar-refractivity contribution >= 4 is 28.8 Å². The molecule has 0 aliphatic heterocycles. The second-order valence-electron chi connectivity index (χ2n) is 5.23. The number of imidazole rings is 1. The average Bonchev–Trinajstić information content (AvgIpc) is 2.93. The maximum absolute atomic E-state index is 11.1. The molecular formula is C18H18N2O3S. The van der Waals surface area contributed by atoms with E-state index in [1.807, 2.05) is 54.6 Å². The van der Waals surface area contributed by atoms with Crippen molar-refractivity contribution in [1.29, 1.82) is 0 Å². The molecule has 0 spiro atoms. The largest absolute Gasteiger partial charge is 0.494 e. The van der Waals surface area contributed by atoms with Crippen molar-refractivity contribution in [3.05, 3.63) is 54.6 Å². The number of ether oxygens (including phenoxy) is 1. The molecule has 0 bridgehead atoms. The smallest absolute Gasteiger partial charge is 0.323 e. The molecule has 1 N–H and O–H groups in total. The number of carboxylic acid groups (broad SMARTS) is 1. The number of fused-ring (bicyclic) bond motifs is 1. The number of nitrogens with zero attached hydrogens (tertiary/aromatic N) is 2. The molecule has 2 aromatic carbocycles. The molecule has 6 heteroatoms. The van der Waals surface area contributed by atoms with Gasteiger partial charge in [-0.15, -0.1) is 0 Å². The molecule has 5 nitrogen and oxygen atoms in total. The van der Waals surface area contributed by atoms with E-state index in [4.69, 9.17) is 9.84 Å². The predicted molar refractivity (Wildman–Crippen MR) is 94.6 cm³/mol. The highest BCUT2D eigenvalue weighted by molar-refractivity contribution is 7.99. The third kappa shape index (κ3) is 4.08. The zero-order chi connectivity index (χ0) is 16.8. The number of hydrogen-bond acceptors (Lipinski definition) is 4. The van der Waals surface area contributed by atoms with Crippen LogP contribution >= 0.6 is 11.8 Å². The third-order valence-corrected chi connectivity index (χ3v) is 4.51. The van der Waals surface area contributed by atoms with Crippen molar-refractivity contribution in [2.75, 3.05) is 12.4 Å². The minimum Gasteiger partial charge on any atom is -0.494 e. The van der Waals surface area contributed by atoms with Gasteiger partial charge in [0.1, 0.15) is 12.3 Å². The monoisotopic (exact) mass is 342 g/mol. The molecule has 0 radical (unpaired) electrons. The van der Waals surface area contributed by atoms with Crippen LogP contribution < -0.4 is 4.74 Å². The van der Waals surface area contributed by atoms with E-state index in [1.165, 1.54) is 0 Å². The molecule has 24 heavy (non-hydrogen) atoms. The number of hydrogen-bond donors (Lipinski definition) is 1. The minimum atomic E-state index is -0.868. The summed E-state index contributed by atoms with van der Waals surface area (Å²) < 4.78 is 7.41.